The zero-order valence-electron chi connectivity index (χ0n) is 20.3. The Morgan fingerprint density at radius 3 is 2.09 bits per heavy atom. The highest BCUT2D eigenvalue weighted by Gasteiger charge is 2.32. The molecule has 34 heavy (non-hydrogen) atoms. The lowest BCUT2D eigenvalue weighted by molar-refractivity contribution is -0.144. The van der Waals surface area contributed by atoms with Gasteiger partial charge in [0.1, 0.15) is 12.6 Å². The van der Waals surface area contributed by atoms with E-state index in [2.05, 4.69) is 34.9 Å². The summed E-state index contributed by atoms with van der Waals surface area (Å²) < 4.78 is 5.53. The molecule has 1 aliphatic carbocycles. The molecule has 0 aromatic heterocycles. The maximum atomic E-state index is 12.7. The van der Waals surface area contributed by atoms with Gasteiger partial charge in [-0.1, -0.05) is 76.2 Å². The summed E-state index contributed by atoms with van der Waals surface area (Å²) in [5, 5.41) is 14.7. The molecule has 7 nitrogen and oxygen atoms in total. The number of benzene rings is 2. The molecule has 0 fully saturated rings. The summed E-state index contributed by atoms with van der Waals surface area (Å²) in [5.41, 5.74) is 3.77. The third-order valence-corrected chi connectivity index (χ3v) is 6.29. The van der Waals surface area contributed by atoms with E-state index < -0.39 is 23.5 Å². The van der Waals surface area contributed by atoms with Gasteiger partial charge in [-0.05, 0) is 41.0 Å². The van der Waals surface area contributed by atoms with Crippen molar-refractivity contribution in [1.82, 2.24) is 10.6 Å². The zero-order valence-corrected chi connectivity index (χ0v) is 20.3. The third-order valence-electron chi connectivity index (χ3n) is 6.29. The first-order valence-corrected chi connectivity index (χ1v) is 11.7. The average Bonchev–Trinajstić information content (AvgIpc) is 3.10. The molecule has 0 aliphatic heterocycles. The number of carboxylic acids is 1. The summed E-state index contributed by atoms with van der Waals surface area (Å²) >= 11 is 0. The van der Waals surface area contributed by atoms with Crippen LogP contribution < -0.4 is 10.6 Å². The Hall–Kier alpha value is -3.35. The molecule has 0 spiro atoms. The second kappa shape index (κ2) is 10.7. The standard InChI is InChI=1S/C27H34N2O5/c1-17(2)15-23(24(30)31)29-25(32)27(3,4)13-14-28-26(33)34-16-22-20-11-7-5-9-18(20)19-10-6-8-12-21(19)22/h5-12,17,22-23H,13-16H2,1-4H3,(H,28,33)(H,29,32)(H,30,31)/t23-/m0/s1. The van der Waals surface area contributed by atoms with Gasteiger partial charge in [-0.25, -0.2) is 9.59 Å². The molecule has 2 aromatic carbocycles. The van der Waals surface area contributed by atoms with E-state index in [4.69, 9.17) is 4.74 Å². The lowest BCUT2D eigenvalue weighted by Crippen LogP contribution is -2.48. The second-order valence-corrected chi connectivity index (χ2v) is 9.88. The number of ether oxygens (including phenoxy) is 1. The monoisotopic (exact) mass is 466 g/mol. The Labute approximate surface area is 200 Å². The lowest BCUT2D eigenvalue weighted by atomic mass is 9.87. The number of alkyl carbamates (subject to hydrolysis) is 1. The molecule has 0 bridgehead atoms. The molecular weight excluding hydrogens is 432 g/mol. The minimum atomic E-state index is -1.05. The normalized spacial score (nSPS) is 13.7. The Bertz CT molecular complexity index is 1000. The van der Waals surface area contributed by atoms with Crippen LogP contribution in [-0.2, 0) is 14.3 Å². The van der Waals surface area contributed by atoms with Crippen molar-refractivity contribution in [3.8, 4) is 11.1 Å². The van der Waals surface area contributed by atoms with Crippen molar-refractivity contribution in [2.24, 2.45) is 11.3 Å². The van der Waals surface area contributed by atoms with Crippen LogP contribution in [0, 0.1) is 11.3 Å². The predicted octanol–water partition coefficient (Wildman–Crippen LogP) is 4.56. The van der Waals surface area contributed by atoms with Gasteiger partial charge < -0.3 is 20.5 Å². The number of fused-ring (bicyclic) bond motifs is 3. The van der Waals surface area contributed by atoms with E-state index in [1.165, 1.54) is 0 Å². The smallest absolute Gasteiger partial charge is 0.407 e. The topological polar surface area (TPSA) is 105 Å². The SMILES string of the molecule is CC(C)C[C@H](NC(=O)C(C)(C)CCNC(=O)OCC1c2ccccc2-c2ccccc21)C(=O)O. The molecule has 0 saturated carbocycles. The molecule has 1 aliphatic rings. The summed E-state index contributed by atoms with van der Waals surface area (Å²) in [6, 6.07) is 15.3. The number of carbonyl (C=O) groups excluding carboxylic acids is 2. The minimum Gasteiger partial charge on any atom is -0.480 e. The predicted molar refractivity (Wildman–Crippen MR) is 130 cm³/mol. The molecule has 0 unspecified atom stereocenters. The van der Waals surface area contributed by atoms with E-state index in [0.29, 0.717) is 12.8 Å². The second-order valence-electron chi connectivity index (χ2n) is 9.88. The molecule has 0 saturated heterocycles. The fourth-order valence-corrected chi connectivity index (χ4v) is 4.29. The molecule has 2 aromatic rings. The van der Waals surface area contributed by atoms with Gasteiger partial charge in [0.15, 0.2) is 0 Å². The van der Waals surface area contributed by atoms with Gasteiger partial charge in [0, 0.05) is 17.9 Å². The van der Waals surface area contributed by atoms with Crippen LogP contribution in [0.1, 0.15) is 57.6 Å². The van der Waals surface area contributed by atoms with Crippen molar-refractivity contribution in [3.63, 3.8) is 0 Å². The molecule has 0 radical (unpaired) electrons. The molecule has 7 heteroatoms. The maximum Gasteiger partial charge on any atom is 0.407 e. The van der Waals surface area contributed by atoms with E-state index in [1.807, 2.05) is 38.1 Å². The van der Waals surface area contributed by atoms with Gasteiger partial charge in [0.25, 0.3) is 0 Å². The number of nitrogens with one attached hydrogen (secondary N) is 2. The van der Waals surface area contributed by atoms with Crippen LogP contribution in [0.4, 0.5) is 4.79 Å². The number of carbonyl (C=O) groups is 3. The highest BCUT2D eigenvalue weighted by Crippen LogP contribution is 2.44. The van der Waals surface area contributed by atoms with Crippen molar-refractivity contribution < 1.29 is 24.2 Å². The lowest BCUT2D eigenvalue weighted by Gasteiger charge is -2.26. The first-order valence-electron chi connectivity index (χ1n) is 11.7. The molecule has 3 rings (SSSR count). The van der Waals surface area contributed by atoms with Gasteiger partial charge >= 0.3 is 12.1 Å². The van der Waals surface area contributed by atoms with Crippen LogP contribution in [0.2, 0.25) is 0 Å². The van der Waals surface area contributed by atoms with Crippen molar-refractivity contribution in [2.45, 2.75) is 52.5 Å². The summed E-state index contributed by atoms with van der Waals surface area (Å²) in [7, 11) is 0. The van der Waals surface area contributed by atoms with Crippen molar-refractivity contribution >= 4 is 18.0 Å². The molecular formula is C27H34N2O5. The third kappa shape index (κ3) is 5.95. The molecule has 2 amide bonds. The van der Waals surface area contributed by atoms with Crippen LogP contribution in [-0.4, -0.2) is 42.3 Å². The van der Waals surface area contributed by atoms with E-state index in [0.717, 1.165) is 22.3 Å². The van der Waals surface area contributed by atoms with Crippen molar-refractivity contribution in [1.29, 1.82) is 0 Å². The fraction of sp³-hybridized carbons (Fsp3) is 0.444. The summed E-state index contributed by atoms with van der Waals surface area (Å²) in [4.78, 5) is 36.5. The summed E-state index contributed by atoms with van der Waals surface area (Å²) in [6.07, 6.45) is 0.160. The fourth-order valence-electron chi connectivity index (χ4n) is 4.29. The molecule has 3 N–H and O–H groups in total. The molecule has 182 valence electrons. The van der Waals surface area contributed by atoms with Crippen LogP contribution in [0.5, 0.6) is 0 Å². The number of amides is 2. The van der Waals surface area contributed by atoms with Crippen molar-refractivity contribution in [2.75, 3.05) is 13.2 Å². The highest BCUT2D eigenvalue weighted by atomic mass is 16.5. The number of hydrogen-bond acceptors (Lipinski definition) is 4. The average molecular weight is 467 g/mol. The first-order chi connectivity index (χ1) is 16.1. The quantitative estimate of drug-likeness (QED) is 0.476. The first kappa shape index (κ1) is 25.3. The van der Waals surface area contributed by atoms with Gasteiger partial charge in [-0.15, -0.1) is 0 Å². The van der Waals surface area contributed by atoms with E-state index >= 15 is 0 Å². The Kier molecular flexibility index (Phi) is 7.97. The zero-order chi connectivity index (χ0) is 24.9. The maximum absolute atomic E-state index is 12.7. The van der Waals surface area contributed by atoms with Crippen LogP contribution in [0.3, 0.4) is 0 Å². The Morgan fingerprint density at radius 1 is 1.00 bits per heavy atom. The van der Waals surface area contributed by atoms with E-state index in [9.17, 15) is 19.5 Å². The van der Waals surface area contributed by atoms with Gasteiger partial charge in [-0.3, -0.25) is 4.79 Å². The summed E-state index contributed by atoms with van der Waals surface area (Å²) in [6.45, 7) is 7.74. The Balaban J connectivity index is 1.50. The van der Waals surface area contributed by atoms with Crippen LogP contribution in [0.25, 0.3) is 11.1 Å². The van der Waals surface area contributed by atoms with E-state index in [-0.39, 0.29) is 30.9 Å². The van der Waals surface area contributed by atoms with Gasteiger partial charge in [0.05, 0.1) is 0 Å². The summed E-state index contributed by atoms with van der Waals surface area (Å²) in [5.74, 6) is -1.28. The largest absolute Gasteiger partial charge is 0.480 e. The van der Waals surface area contributed by atoms with Crippen LogP contribution >= 0.6 is 0 Å². The van der Waals surface area contributed by atoms with E-state index in [1.54, 1.807) is 13.8 Å². The van der Waals surface area contributed by atoms with Gasteiger partial charge in [-0.2, -0.15) is 0 Å². The number of aliphatic carboxylic acids is 1. The number of hydrogen-bond donors (Lipinski definition) is 3. The molecule has 0 heterocycles. The molecule has 1 atom stereocenters. The Morgan fingerprint density at radius 2 is 1.56 bits per heavy atom. The minimum absolute atomic E-state index is 0.0192. The van der Waals surface area contributed by atoms with Crippen LogP contribution in [0.15, 0.2) is 48.5 Å². The van der Waals surface area contributed by atoms with Gasteiger partial charge in [0.2, 0.25) is 5.91 Å². The number of carboxylic acid groups (broad SMARTS) is 1. The highest BCUT2D eigenvalue weighted by molar-refractivity contribution is 5.87. The van der Waals surface area contributed by atoms with Crippen molar-refractivity contribution in [3.05, 3.63) is 59.7 Å². The number of rotatable bonds is 10.